The van der Waals surface area contributed by atoms with Crippen LogP contribution in [0.4, 0.5) is 5.69 Å². The van der Waals surface area contributed by atoms with Crippen LogP contribution in [0.25, 0.3) is 20.9 Å². The summed E-state index contributed by atoms with van der Waals surface area (Å²) in [6.07, 6.45) is 1.74. The van der Waals surface area contributed by atoms with Crippen LogP contribution < -0.4 is 14.2 Å². The maximum atomic E-state index is 13.1. The number of anilines is 1. The minimum absolute atomic E-state index is 0.0588. The standard InChI is InChI=1S/C23H23N3O4S2/c1-4-29-17-9-11-21(20(14-17)30-5-2)32(27,28)26-18-10-8-16(13-15(18)3)22-25-19-7-6-12-24-23(19)31-22/h6-14,26H,4-5H2,1-3H3. The normalized spacial score (nSPS) is 11.5. The summed E-state index contributed by atoms with van der Waals surface area (Å²) in [6.45, 7) is 6.34. The van der Waals surface area contributed by atoms with Crippen LogP contribution in [0.15, 0.2) is 59.6 Å². The van der Waals surface area contributed by atoms with Crippen LogP contribution >= 0.6 is 11.3 Å². The Morgan fingerprint density at radius 3 is 2.56 bits per heavy atom. The average molecular weight is 470 g/mol. The molecule has 0 aliphatic carbocycles. The van der Waals surface area contributed by atoms with Crippen molar-refractivity contribution < 1.29 is 17.9 Å². The van der Waals surface area contributed by atoms with E-state index in [1.54, 1.807) is 31.3 Å². The smallest absolute Gasteiger partial charge is 0.265 e. The number of aromatic nitrogens is 2. The van der Waals surface area contributed by atoms with Crippen molar-refractivity contribution in [3.63, 3.8) is 0 Å². The molecular weight excluding hydrogens is 446 g/mol. The van der Waals surface area contributed by atoms with Crippen LogP contribution in [0.5, 0.6) is 11.5 Å². The lowest BCUT2D eigenvalue weighted by molar-refractivity contribution is 0.317. The van der Waals surface area contributed by atoms with Crippen molar-refractivity contribution in [1.29, 1.82) is 0 Å². The van der Waals surface area contributed by atoms with E-state index in [0.717, 1.165) is 26.5 Å². The first-order chi connectivity index (χ1) is 15.4. The molecule has 166 valence electrons. The first-order valence-electron chi connectivity index (χ1n) is 10.2. The molecule has 4 aromatic rings. The molecule has 0 saturated heterocycles. The summed E-state index contributed by atoms with van der Waals surface area (Å²) in [4.78, 5) is 9.88. The minimum atomic E-state index is -3.87. The zero-order valence-electron chi connectivity index (χ0n) is 18.0. The number of thiazole rings is 1. The number of rotatable bonds is 8. The molecule has 0 saturated carbocycles. The van der Waals surface area contributed by atoms with Crippen molar-refractivity contribution >= 4 is 37.4 Å². The molecule has 0 spiro atoms. The van der Waals surface area contributed by atoms with E-state index in [2.05, 4.69) is 14.7 Å². The second-order valence-electron chi connectivity index (χ2n) is 6.96. The Labute approximate surface area is 191 Å². The monoisotopic (exact) mass is 469 g/mol. The number of benzene rings is 2. The molecule has 0 atom stereocenters. The van der Waals surface area contributed by atoms with Gasteiger partial charge >= 0.3 is 0 Å². The molecule has 4 rings (SSSR count). The lowest BCUT2D eigenvalue weighted by Crippen LogP contribution is -2.15. The summed E-state index contributed by atoms with van der Waals surface area (Å²) >= 11 is 1.50. The Morgan fingerprint density at radius 2 is 1.84 bits per heavy atom. The summed E-state index contributed by atoms with van der Waals surface area (Å²) in [7, 11) is -3.87. The highest BCUT2D eigenvalue weighted by Crippen LogP contribution is 2.33. The molecule has 32 heavy (non-hydrogen) atoms. The van der Waals surface area contributed by atoms with E-state index in [9.17, 15) is 8.42 Å². The Bertz CT molecular complexity index is 1330. The van der Waals surface area contributed by atoms with Gasteiger partial charge in [0.2, 0.25) is 0 Å². The summed E-state index contributed by atoms with van der Waals surface area (Å²) in [6, 6.07) is 14.0. The number of aryl methyl sites for hydroxylation is 1. The van der Waals surface area contributed by atoms with Gasteiger partial charge in [-0.3, -0.25) is 4.72 Å². The van der Waals surface area contributed by atoms with Gasteiger partial charge in [0, 0.05) is 17.8 Å². The second kappa shape index (κ2) is 9.13. The van der Waals surface area contributed by atoms with E-state index in [-0.39, 0.29) is 10.6 Å². The van der Waals surface area contributed by atoms with E-state index < -0.39 is 10.0 Å². The first-order valence-corrected chi connectivity index (χ1v) is 12.5. The molecular formula is C23H23N3O4S2. The molecule has 0 radical (unpaired) electrons. The van der Waals surface area contributed by atoms with Crippen molar-refractivity contribution in [2.24, 2.45) is 0 Å². The molecule has 2 heterocycles. The van der Waals surface area contributed by atoms with E-state index in [1.165, 1.54) is 17.4 Å². The van der Waals surface area contributed by atoms with Gasteiger partial charge in [0.15, 0.2) is 0 Å². The summed E-state index contributed by atoms with van der Waals surface area (Å²) in [5, 5.41) is 0.835. The van der Waals surface area contributed by atoms with Gasteiger partial charge in [-0.25, -0.2) is 18.4 Å². The zero-order chi connectivity index (χ0) is 22.7. The van der Waals surface area contributed by atoms with Crippen molar-refractivity contribution in [1.82, 2.24) is 9.97 Å². The van der Waals surface area contributed by atoms with Crippen LogP contribution in [0.2, 0.25) is 0 Å². The zero-order valence-corrected chi connectivity index (χ0v) is 19.6. The first kappa shape index (κ1) is 22.0. The van der Waals surface area contributed by atoms with Gasteiger partial charge in [0.25, 0.3) is 10.0 Å². The maximum absolute atomic E-state index is 13.1. The highest BCUT2D eigenvalue weighted by molar-refractivity contribution is 7.92. The van der Waals surface area contributed by atoms with Gasteiger partial charge in [-0.2, -0.15) is 0 Å². The Morgan fingerprint density at radius 1 is 1.03 bits per heavy atom. The SMILES string of the molecule is CCOc1ccc(S(=O)(=O)Nc2ccc(-c3nc4cccnc4s3)cc2C)c(OCC)c1. The van der Waals surface area contributed by atoms with Crippen LogP contribution in [0, 0.1) is 6.92 Å². The quantitative estimate of drug-likeness (QED) is 0.378. The number of nitrogens with zero attached hydrogens (tertiary/aromatic N) is 2. The summed E-state index contributed by atoms with van der Waals surface area (Å²) in [5.41, 5.74) is 3.02. The number of sulfonamides is 1. The van der Waals surface area contributed by atoms with Gasteiger partial charge in [0.1, 0.15) is 31.7 Å². The molecule has 0 aliphatic rings. The number of hydrogen-bond acceptors (Lipinski definition) is 7. The van der Waals surface area contributed by atoms with Crippen molar-refractivity contribution in [2.75, 3.05) is 17.9 Å². The fourth-order valence-electron chi connectivity index (χ4n) is 3.24. The Balaban J connectivity index is 1.63. The van der Waals surface area contributed by atoms with Crippen LogP contribution in [-0.4, -0.2) is 31.6 Å². The topological polar surface area (TPSA) is 90.4 Å². The fourth-order valence-corrected chi connectivity index (χ4v) is 5.40. The van der Waals surface area contributed by atoms with E-state index >= 15 is 0 Å². The second-order valence-corrected chi connectivity index (χ2v) is 9.58. The highest BCUT2D eigenvalue weighted by Gasteiger charge is 2.22. The highest BCUT2D eigenvalue weighted by atomic mass is 32.2. The van der Waals surface area contributed by atoms with Crippen molar-refractivity contribution in [3.05, 3.63) is 60.3 Å². The molecule has 0 fully saturated rings. The third kappa shape index (κ3) is 4.53. The largest absolute Gasteiger partial charge is 0.494 e. The van der Waals surface area contributed by atoms with Gasteiger partial charge in [-0.1, -0.05) is 11.3 Å². The van der Waals surface area contributed by atoms with E-state index in [4.69, 9.17) is 9.47 Å². The minimum Gasteiger partial charge on any atom is -0.494 e. The van der Waals surface area contributed by atoms with Crippen molar-refractivity contribution in [3.8, 4) is 22.1 Å². The molecule has 9 heteroatoms. The molecule has 0 bridgehead atoms. The molecule has 2 aromatic carbocycles. The van der Waals surface area contributed by atoms with Crippen LogP contribution in [0.1, 0.15) is 19.4 Å². The fraction of sp³-hybridized carbons (Fsp3) is 0.217. The molecule has 1 N–H and O–H groups in total. The average Bonchev–Trinajstić information content (AvgIpc) is 3.20. The number of ether oxygens (including phenoxy) is 2. The Kier molecular flexibility index (Phi) is 6.29. The number of pyridine rings is 1. The third-order valence-electron chi connectivity index (χ3n) is 4.70. The van der Waals surface area contributed by atoms with Crippen LogP contribution in [-0.2, 0) is 10.0 Å². The predicted octanol–water partition coefficient (Wildman–Crippen LogP) is 5.26. The summed E-state index contributed by atoms with van der Waals surface area (Å²) in [5.74, 6) is 0.808. The lowest BCUT2D eigenvalue weighted by atomic mass is 10.1. The molecule has 0 amide bonds. The molecule has 7 nitrogen and oxygen atoms in total. The summed E-state index contributed by atoms with van der Waals surface area (Å²) < 4.78 is 40.0. The maximum Gasteiger partial charge on any atom is 0.265 e. The number of fused-ring (bicyclic) bond motifs is 1. The van der Waals surface area contributed by atoms with Gasteiger partial charge in [0.05, 0.1) is 18.9 Å². The molecule has 2 aromatic heterocycles. The van der Waals surface area contributed by atoms with Gasteiger partial charge in [-0.05, 0) is 68.8 Å². The van der Waals surface area contributed by atoms with E-state index in [0.29, 0.717) is 24.7 Å². The van der Waals surface area contributed by atoms with Crippen molar-refractivity contribution in [2.45, 2.75) is 25.7 Å². The lowest BCUT2D eigenvalue weighted by Gasteiger charge is -2.15. The van der Waals surface area contributed by atoms with Gasteiger partial charge in [-0.15, -0.1) is 0 Å². The third-order valence-corrected chi connectivity index (χ3v) is 7.13. The predicted molar refractivity (Wildman–Crippen MR) is 127 cm³/mol. The van der Waals surface area contributed by atoms with Gasteiger partial charge < -0.3 is 9.47 Å². The number of hydrogen-bond donors (Lipinski definition) is 1. The number of nitrogens with one attached hydrogen (secondary N) is 1. The van der Waals surface area contributed by atoms with Crippen LogP contribution in [0.3, 0.4) is 0 Å². The molecule has 0 unspecified atom stereocenters. The van der Waals surface area contributed by atoms with E-state index in [1.807, 2.05) is 38.1 Å². The molecule has 0 aliphatic heterocycles. The Hall–Kier alpha value is -3.17.